The molecule has 1 saturated carbocycles. The predicted molar refractivity (Wildman–Crippen MR) is 186 cm³/mol. The molecular formula is C36H30Cl2F6N6O6. The molecule has 2 saturated heterocycles. The summed E-state index contributed by atoms with van der Waals surface area (Å²) in [6, 6.07) is 9.70. The molecule has 296 valence electrons. The van der Waals surface area contributed by atoms with Crippen molar-refractivity contribution in [3.8, 4) is 5.75 Å². The summed E-state index contributed by atoms with van der Waals surface area (Å²) < 4.78 is 87.7. The van der Waals surface area contributed by atoms with Crippen molar-refractivity contribution in [3.05, 3.63) is 87.2 Å². The molecule has 0 radical (unpaired) electrons. The fraction of sp³-hybridized carbons (Fsp3) is 0.389. The Morgan fingerprint density at radius 2 is 1.27 bits per heavy atom. The van der Waals surface area contributed by atoms with Crippen LogP contribution in [0.2, 0.25) is 10.0 Å². The van der Waals surface area contributed by atoms with Crippen molar-refractivity contribution in [3.63, 3.8) is 0 Å². The second-order valence-corrected chi connectivity index (χ2v) is 14.5. The number of carbonyl (C=O) groups is 4. The molecule has 56 heavy (non-hydrogen) atoms. The van der Waals surface area contributed by atoms with Gasteiger partial charge in [0, 0.05) is 25.6 Å². The van der Waals surface area contributed by atoms with E-state index in [9.17, 15) is 50.6 Å². The predicted octanol–water partition coefficient (Wildman–Crippen LogP) is 5.93. The normalized spacial score (nSPS) is 24.9. The van der Waals surface area contributed by atoms with Gasteiger partial charge in [-0.15, -0.1) is 0 Å². The van der Waals surface area contributed by atoms with Crippen LogP contribution >= 0.6 is 23.2 Å². The van der Waals surface area contributed by atoms with E-state index in [1.807, 2.05) is 0 Å². The maximum atomic E-state index is 14.5. The number of fused-ring (bicyclic) bond motifs is 4. The van der Waals surface area contributed by atoms with Crippen LogP contribution in [0.1, 0.15) is 35.7 Å². The third-order valence-electron chi connectivity index (χ3n) is 10.7. The average Bonchev–Trinajstić information content (AvgIpc) is 3.55. The van der Waals surface area contributed by atoms with Crippen LogP contribution in [0.4, 0.5) is 38.0 Å². The molecule has 4 amide bonds. The van der Waals surface area contributed by atoms with Gasteiger partial charge in [-0.1, -0.05) is 53.1 Å². The molecule has 3 aromatic rings. The van der Waals surface area contributed by atoms with E-state index in [2.05, 4.69) is 9.97 Å². The zero-order valence-electron chi connectivity index (χ0n) is 29.2. The van der Waals surface area contributed by atoms with E-state index >= 15 is 0 Å². The first-order valence-electron chi connectivity index (χ1n) is 17.1. The number of alkyl halides is 6. The highest BCUT2D eigenvalue weighted by atomic mass is 35.5. The van der Waals surface area contributed by atoms with E-state index in [1.54, 1.807) is 30.3 Å². The smallest absolute Gasteiger partial charge is 0.433 e. The van der Waals surface area contributed by atoms with Gasteiger partial charge in [0.2, 0.25) is 0 Å². The summed E-state index contributed by atoms with van der Waals surface area (Å²) in [6.45, 7) is -0.515. The Balaban J connectivity index is 1.31. The first-order valence-corrected chi connectivity index (χ1v) is 17.8. The molecule has 0 bridgehead atoms. The number of nitrogens with zero attached hydrogens (tertiary/aromatic N) is 6. The number of rotatable bonds is 8. The van der Waals surface area contributed by atoms with Crippen molar-refractivity contribution >= 4 is 58.5 Å². The number of allylic oxidation sites excluding steroid dienone is 2. The molecule has 3 fully saturated rings. The van der Waals surface area contributed by atoms with Gasteiger partial charge in [0.05, 0.1) is 40.3 Å². The highest BCUT2D eigenvalue weighted by Gasteiger charge is 2.63. The van der Waals surface area contributed by atoms with Crippen molar-refractivity contribution in [1.29, 1.82) is 0 Å². The SMILES string of the molecule is CN(c1nc(C(F)(F)F)ccc1Cl)N1C(=O)[C@H]2[C@H](CC=C3[C@H]2C[C@H]2C(=O)N(N(C)c4nc(C(F)(F)F)ccc4Cl)C(=O)[C@H]2[C@H]3c2ccccc2OCCO)C1=O. The fourth-order valence-corrected chi connectivity index (χ4v) is 8.80. The van der Waals surface area contributed by atoms with Crippen molar-refractivity contribution in [2.45, 2.75) is 31.1 Å². The van der Waals surface area contributed by atoms with E-state index in [4.69, 9.17) is 27.9 Å². The van der Waals surface area contributed by atoms with Gasteiger partial charge in [-0.2, -0.15) is 36.4 Å². The van der Waals surface area contributed by atoms with Crippen LogP contribution in [0.5, 0.6) is 5.75 Å². The second kappa shape index (κ2) is 14.2. The number of pyridine rings is 2. The van der Waals surface area contributed by atoms with Gasteiger partial charge < -0.3 is 9.84 Å². The van der Waals surface area contributed by atoms with Crippen molar-refractivity contribution < 1.29 is 55.4 Å². The molecular weight excluding hydrogens is 797 g/mol. The largest absolute Gasteiger partial charge is 0.491 e. The minimum absolute atomic E-state index is 0.0295. The molecule has 4 heterocycles. The standard InChI is InChI=1S/C36H30Cl2F6N6O6/c1-47(29-21(37)9-11-24(45-29)35(39,40)41)49-31(52)18-8-7-16-19(27(18)33(49)54)15-20-28(26(16)17-5-3-4-6-23(17)56-14-13-51)34(55)50(32(20)53)48(2)30-22(38)10-12-25(46-30)36(42,43)44/h3-7,9-12,18-20,26-28,51H,8,13-15H2,1-2H3/t18-,19+,20+,26+,27-,28+/m0/s1. The van der Waals surface area contributed by atoms with Crippen LogP contribution < -0.4 is 14.8 Å². The molecule has 1 N–H and O–H groups in total. The summed E-state index contributed by atoms with van der Waals surface area (Å²) in [5.74, 6) is -10.4. The Morgan fingerprint density at radius 1 is 0.750 bits per heavy atom. The maximum Gasteiger partial charge on any atom is 0.433 e. The zero-order valence-corrected chi connectivity index (χ0v) is 30.7. The van der Waals surface area contributed by atoms with E-state index in [-0.39, 0.29) is 41.9 Å². The number of hydrogen-bond donors (Lipinski definition) is 1. The number of imide groups is 2. The number of carbonyl (C=O) groups excluding carboxylic acids is 4. The molecule has 0 unspecified atom stereocenters. The third-order valence-corrected chi connectivity index (χ3v) is 11.2. The Morgan fingerprint density at radius 3 is 1.80 bits per heavy atom. The molecule has 1 aromatic carbocycles. The summed E-state index contributed by atoms with van der Waals surface area (Å²) in [4.78, 5) is 64.6. The number of halogens is 8. The van der Waals surface area contributed by atoms with E-state index in [0.29, 0.717) is 33.3 Å². The number of anilines is 2. The Bertz CT molecular complexity index is 2170. The molecule has 20 heteroatoms. The van der Waals surface area contributed by atoms with Crippen molar-refractivity contribution in [1.82, 2.24) is 20.0 Å². The highest BCUT2D eigenvalue weighted by molar-refractivity contribution is 6.33. The average molecular weight is 828 g/mol. The molecule has 2 aliphatic carbocycles. The minimum atomic E-state index is -4.88. The Hall–Kier alpha value is -4.94. The highest BCUT2D eigenvalue weighted by Crippen LogP contribution is 2.59. The number of ether oxygens (including phenoxy) is 1. The molecule has 2 aromatic heterocycles. The van der Waals surface area contributed by atoms with Crippen molar-refractivity contribution in [2.24, 2.45) is 29.6 Å². The van der Waals surface area contributed by atoms with Crippen LogP contribution in [-0.4, -0.2) is 76.0 Å². The van der Waals surface area contributed by atoms with Crippen LogP contribution in [0.3, 0.4) is 0 Å². The van der Waals surface area contributed by atoms with Gasteiger partial charge in [0.25, 0.3) is 23.6 Å². The molecule has 7 rings (SSSR count). The molecule has 0 spiro atoms. The molecule has 6 atom stereocenters. The van der Waals surface area contributed by atoms with E-state index in [1.165, 1.54) is 7.05 Å². The zero-order chi connectivity index (χ0) is 40.6. The first kappa shape index (κ1) is 39.3. The summed E-state index contributed by atoms with van der Waals surface area (Å²) in [5, 5.41) is 12.0. The summed E-state index contributed by atoms with van der Waals surface area (Å²) in [6.07, 6.45) is -8.24. The van der Waals surface area contributed by atoms with Gasteiger partial charge in [-0.3, -0.25) is 29.2 Å². The monoisotopic (exact) mass is 826 g/mol. The summed E-state index contributed by atoms with van der Waals surface area (Å²) in [7, 11) is 2.33. The lowest BCUT2D eigenvalue weighted by Crippen LogP contribution is -2.46. The Kier molecular flexibility index (Phi) is 9.98. The summed E-state index contributed by atoms with van der Waals surface area (Å²) in [5.41, 5.74) is -1.73. The first-order chi connectivity index (χ1) is 26.4. The lowest BCUT2D eigenvalue weighted by atomic mass is 9.57. The number of hydrogen-bond acceptors (Lipinski definition) is 10. The summed E-state index contributed by atoms with van der Waals surface area (Å²) >= 11 is 12.5. The topological polar surface area (TPSA) is 136 Å². The number of aliphatic hydroxyl groups is 1. The fourth-order valence-electron chi connectivity index (χ4n) is 8.34. The molecule has 4 aliphatic rings. The number of benzene rings is 1. The van der Waals surface area contributed by atoms with Gasteiger partial charge in [0.15, 0.2) is 11.6 Å². The minimum Gasteiger partial charge on any atom is -0.491 e. The van der Waals surface area contributed by atoms with E-state index < -0.39 is 94.5 Å². The van der Waals surface area contributed by atoms with Gasteiger partial charge >= 0.3 is 12.4 Å². The number of para-hydroxylation sites is 1. The van der Waals surface area contributed by atoms with Crippen LogP contribution in [-0.2, 0) is 31.5 Å². The number of aromatic nitrogens is 2. The van der Waals surface area contributed by atoms with Crippen LogP contribution in [0.25, 0.3) is 0 Å². The van der Waals surface area contributed by atoms with E-state index in [0.717, 1.165) is 29.2 Å². The lowest BCUT2D eigenvalue weighted by molar-refractivity contribution is -0.143. The van der Waals surface area contributed by atoms with Gasteiger partial charge in [0.1, 0.15) is 23.7 Å². The third kappa shape index (κ3) is 6.40. The van der Waals surface area contributed by atoms with Crippen molar-refractivity contribution in [2.75, 3.05) is 37.3 Å². The number of amides is 4. The number of hydrazine groups is 2. The molecule has 2 aliphatic heterocycles. The van der Waals surface area contributed by atoms with Gasteiger partial charge in [-0.25, -0.2) is 9.97 Å². The number of aliphatic hydroxyl groups excluding tert-OH is 1. The molecule has 12 nitrogen and oxygen atoms in total. The van der Waals surface area contributed by atoms with Crippen LogP contribution in [0.15, 0.2) is 60.2 Å². The second-order valence-electron chi connectivity index (χ2n) is 13.7. The van der Waals surface area contributed by atoms with Gasteiger partial charge in [-0.05, 0) is 49.1 Å². The Labute approximate surface area is 324 Å². The lowest BCUT2D eigenvalue weighted by Gasteiger charge is -2.44. The quantitative estimate of drug-likeness (QED) is 0.165. The van der Waals surface area contributed by atoms with Crippen LogP contribution in [0, 0.1) is 29.6 Å². The maximum absolute atomic E-state index is 14.5.